The van der Waals surface area contributed by atoms with E-state index < -0.39 is 10.0 Å². The summed E-state index contributed by atoms with van der Waals surface area (Å²) >= 11 is 0. The van der Waals surface area contributed by atoms with E-state index in [9.17, 15) is 13.2 Å². The van der Waals surface area contributed by atoms with Gasteiger partial charge in [0.2, 0.25) is 15.9 Å². The third-order valence-electron chi connectivity index (χ3n) is 3.52. The van der Waals surface area contributed by atoms with E-state index in [1.807, 2.05) is 13.0 Å². The fourth-order valence-electron chi connectivity index (χ4n) is 2.13. The van der Waals surface area contributed by atoms with Gasteiger partial charge in [-0.05, 0) is 31.2 Å². The second kappa shape index (κ2) is 8.03. The molecule has 0 spiro atoms. The third-order valence-corrected chi connectivity index (χ3v) is 5.46. The van der Waals surface area contributed by atoms with Crippen LogP contribution in [0.5, 0.6) is 0 Å². The minimum absolute atomic E-state index is 0.187. The Morgan fingerprint density at radius 2 is 1.88 bits per heavy atom. The predicted octanol–water partition coefficient (Wildman–Crippen LogP) is 1.72. The number of aryl methyl sites for hydroxylation is 1. The van der Waals surface area contributed by atoms with Crippen LogP contribution in [0.4, 0.5) is 0 Å². The predicted molar refractivity (Wildman–Crippen MR) is 91.7 cm³/mol. The van der Waals surface area contributed by atoms with Gasteiger partial charge in [-0.25, -0.2) is 8.42 Å². The van der Waals surface area contributed by atoms with Crippen LogP contribution in [0.1, 0.15) is 18.2 Å². The minimum Gasteiger partial charge on any atom is -0.349 e. The van der Waals surface area contributed by atoms with Crippen molar-refractivity contribution in [2.45, 2.75) is 25.3 Å². The summed E-state index contributed by atoms with van der Waals surface area (Å²) in [5.41, 5.74) is 1.69. The largest absolute Gasteiger partial charge is 0.349 e. The molecular formula is C17H21N3O3S. The van der Waals surface area contributed by atoms with Crippen LogP contribution < -0.4 is 5.32 Å². The van der Waals surface area contributed by atoms with Crippen LogP contribution in [-0.4, -0.2) is 36.7 Å². The molecule has 0 saturated heterocycles. The summed E-state index contributed by atoms with van der Waals surface area (Å²) in [4.78, 5) is 16.4. The quantitative estimate of drug-likeness (QED) is 0.827. The Labute approximate surface area is 142 Å². The SMILES string of the molecule is CCN(CC(=O)NCc1ccccn1)S(=O)(=O)c1ccc(C)cc1. The number of rotatable bonds is 7. The van der Waals surface area contributed by atoms with Crippen LogP contribution in [0.3, 0.4) is 0 Å². The van der Waals surface area contributed by atoms with Crippen molar-refractivity contribution < 1.29 is 13.2 Å². The number of benzene rings is 1. The van der Waals surface area contributed by atoms with Gasteiger partial charge in [-0.2, -0.15) is 4.31 Å². The van der Waals surface area contributed by atoms with E-state index in [0.717, 1.165) is 15.6 Å². The maximum Gasteiger partial charge on any atom is 0.243 e. The van der Waals surface area contributed by atoms with Gasteiger partial charge in [0.15, 0.2) is 0 Å². The minimum atomic E-state index is -3.69. The second-order valence-corrected chi connectivity index (χ2v) is 7.28. The molecule has 0 saturated carbocycles. The van der Waals surface area contributed by atoms with Gasteiger partial charge in [0.25, 0.3) is 0 Å². The second-order valence-electron chi connectivity index (χ2n) is 5.34. The highest BCUT2D eigenvalue weighted by Crippen LogP contribution is 2.15. The maximum atomic E-state index is 12.6. The first-order chi connectivity index (χ1) is 11.4. The topological polar surface area (TPSA) is 79.4 Å². The van der Waals surface area contributed by atoms with Crippen molar-refractivity contribution in [2.24, 2.45) is 0 Å². The highest BCUT2D eigenvalue weighted by atomic mass is 32.2. The average Bonchev–Trinajstić information content (AvgIpc) is 2.59. The average molecular weight is 347 g/mol. The van der Waals surface area contributed by atoms with E-state index in [1.54, 1.807) is 49.5 Å². The fourth-order valence-corrected chi connectivity index (χ4v) is 3.54. The number of hydrogen-bond acceptors (Lipinski definition) is 4. The summed E-state index contributed by atoms with van der Waals surface area (Å²) in [5, 5.41) is 2.69. The lowest BCUT2D eigenvalue weighted by atomic mass is 10.2. The first-order valence-electron chi connectivity index (χ1n) is 7.67. The van der Waals surface area contributed by atoms with Crippen molar-refractivity contribution in [1.82, 2.24) is 14.6 Å². The van der Waals surface area contributed by atoms with Crippen molar-refractivity contribution in [3.8, 4) is 0 Å². The number of likely N-dealkylation sites (N-methyl/N-ethyl adjacent to an activating group) is 1. The smallest absolute Gasteiger partial charge is 0.243 e. The molecule has 24 heavy (non-hydrogen) atoms. The van der Waals surface area contributed by atoms with Crippen LogP contribution in [0.25, 0.3) is 0 Å². The van der Waals surface area contributed by atoms with Gasteiger partial charge in [0, 0.05) is 12.7 Å². The molecule has 0 bridgehead atoms. The van der Waals surface area contributed by atoms with Gasteiger partial charge in [0.05, 0.1) is 23.7 Å². The Morgan fingerprint density at radius 1 is 1.17 bits per heavy atom. The molecule has 6 nitrogen and oxygen atoms in total. The van der Waals surface area contributed by atoms with Gasteiger partial charge in [0.1, 0.15) is 0 Å². The molecule has 1 amide bonds. The summed E-state index contributed by atoms with van der Waals surface area (Å²) in [6.45, 7) is 3.85. The van der Waals surface area contributed by atoms with Gasteiger partial charge in [-0.15, -0.1) is 0 Å². The molecule has 2 aromatic rings. The van der Waals surface area contributed by atoms with Gasteiger partial charge in [-0.1, -0.05) is 30.7 Å². The molecule has 0 unspecified atom stereocenters. The first kappa shape index (κ1) is 18.1. The van der Waals surface area contributed by atoms with E-state index in [-0.39, 0.29) is 30.4 Å². The monoisotopic (exact) mass is 347 g/mol. The molecule has 0 aliphatic heterocycles. The molecule has 0 fully saturated rings. The molecule has 128 valence electrons. The van der Waals surface area contributed by atoms with Crippen LogP contribution in [0, 0.1) is 6.92 Å². The standard InChI is InChI=1S/C17H21N3O3S/c1-3-20(24(22,23)16-9-7-14(2)8-10-16)13-17(21)19-12-15-6-4-5-11-18-15/h4-11H,3,12-13H2,1-2H3,(H,19,21). The Bertz CT molecular complexity index is 774. The highest BCUT2D eigenvalue weighted by molar-refractivity contribution is 7.89. The third kappa shape index (κ3) is 4.62. The Morgan fingerprint density at radius 3 is 2.46 bits per heavy atom. The number of aromatic nitrogens is 1. The number of hydrogen-bond donors (Lipinski definition) is 1. The highest BCUT2D eigenvalue weighted by Gasteiger charge is 2.25. The van der Waals surface area contributed by atoms with Crippen LogP contribution in [-0.2, 0) is 21.4 Å². The number of pyridine rings is 1. The van der Waals surface area contributed by atoms with Crippen LogP contribution >= 0.6 is 0 Å². The van der Waals surface area contributed by atoms with Crippen molar-refractivity contribution in [3.63, 3.8) is 0 Å². The van der Waals surface area contributed by atoms with Crippen molar-refractivity contribution in [3.05, 3.63) is 59.9 Å². The lowest BCUT2D eigenvalue weighted by molar-refractivity contribution is -0.121. The summed E-state index contributed by atoms with van der Waals surface area (Å²) in [6, 6.07) is 12.0. The van der Waals surface area contributed by atoms with E-state index in [0.29, 0.717) is 0 Å². The zero-order valence-corrected chi connectivity index (χ0v) is 14.6. The molecule has 7 heteroatoms. The lowest BCUT2D eigenvalue weighted by Crippen LogP contribution is -2.40. The molecular weight excluding hydrogens is 326 g/mol. The number of sulfonamides is 1. The van der Waals surface area contributed by atoms with Crippen LogP contribution in [0.15, 0.2) is 53.6 Å². The van der Waals surface area contributed by atoms with E-state index in [2.05, 4.69) is 10.3 Å². The first-order valence-corrected chi connectivity index (χ1v) is 9.11. The van der Waals surface area contributed by atoms with E-state index in [4.69, 9.17) is 0 Å². The molecule has 1 aromatic heterocycles. The van der Waals surface area contributed by atoms with Gasteiger partial charge >= 0.3 is 0 Å². The summed E-state index contributed by atoms with van der Waals surface area (Å²) < 4.78 is 26.4. The molecule has 0 aliphatic rings. The lowest BCUT2D eigenvalue weighted by Gasteiger charge is -2.20. The molecule has 0 radical (unpaired) electrons. The molecule has 1 N–H and O–H groups in total. The normalized spacial score (nSPS) is 11.5. The van der Waals surface area contributed by atoms with Crippen LogP contribution in [0.2, 0.25) is 0 Å². The number of nitrogens with one attached hydrogen (secondary N) is 1. The fraction of sp³-hybridized carbons (Fsp3) is 0.294. The maximum absolute atomic E-state index is 12.6. The molecule has 1 aromatic carbocycles. The molecule has 2 rings (SSSR count). The molecule has 1 heterocycles. The Kier molecular flexibility index (Phi) is 6.05. The van der Waals surface area contributed by atoms with Crippen molar-refractivity contribution in [2.75, 3.05) is 13.1 Å². The summed E-state index contributed by atoms with van der Waals surface area (Å²) in [6.07, 6.45) is 1.64. The Hall–Kier alpha value is -2.25. The Balaban J connectivity index is 2.02. The van der Waals surface area contributed by atoms with Gasteiger partial charge < -0.3 is 5.32 Å². The molecule has 0 atom stereocenters. The number of carbonyl (C=O) groups excluding carboxylic acids is 1. The number of carbonyl (C=O) groups is 1. The number of amides is 1. The molecule has 0 aliphatic carbocycles. The van der Waals surface area contributed by atoms with E-state index in [1.165, 1.54) is 0 Å². The summed E-state index contributed by atoms with van der Waals surface area (Å²) in [5.74, 6) is -0.363. The number of nitrogens with zero attached hydrogens (tertiary/aromatic N) is 2. The zero-order chi connectivity index (χ0) is 17.6. The summed E-state index contributed by atoms with van der Waals surface area (Å²) in [7, 11) is -3.69. The van der Waals surface area contributed by atoms with Crippen molar-refractivity contribution >= 4 is 15.9 Å². The van der Waals surface area contributed by atoms with E-state index >= 15 is 0 Å². The van der Waals surface area contributed by atoms with Crippen molar-refractivity contribution in [1.29, 1.82) is 0 Å². The zero-order valence-electron chi connectivity index (χ0n) is 13.8. The van der Waals surface area contributed by atoms with Gasteiger partial charge in [-0.3, -0.25) is 9.78 Å².